The van der Waals surface area contributed by atoms with Crippen molar-refractivity contribution in [3.8, 4) is 0 Å². The summed E-state index contributed by atoms with van der Waals surface area (Å²) in [5, 5.41) is 0. The van der Waals surface area contributed by atoms with Crippen LogP contribution in [0.1, 0.15) is 76.0 Å². The summed E-state index contributed by atoms with van der Waals surface area (Å²) in [6, 6.07) is 18.4. The van der Waals surface area contributed by atoms with Crippen molar-refractivity contribution in [2.75, 3.05) is 0 Å². The lowest BCUT2D eigenvalue weighted by molar-refractivity contribution is 0.867. The molecule has 30 heavy (non-hydrogen) atoms. The number of aromatic nitrogens is 2. The monoisotopic (exact) mass is 398 g/mol. The molecule has 4 nitrogen and oxygen atoms in total. The lowest BCUT2D eigenvalue weighted by Crippen LogP contribution is -2.08. The number of aliphatic imine (C=N–C) groups is 2. The largest absolute Gasteiger partial charge is 0.251 e. The van der Waals surface area contributed by atoms with Gasteiger partial charge in [0.25, 0.3) is 0 Å². The van der Waals surface area contributed by atoms with E-state index in [1.54, 1.807) is 6.20 Å². The van der Waals surface area contributed by atoms with E-state index in [1.165, 1.54) is 11.1 Å². The van der Waals surface area contributed by atoms with Gasteiger partial charge in [0, 0.05) is 6.20 Å². The molecule has 0 bridgehead atoms. The molecule has 0 saturated heterocycles. The van der Waals surface area contributed by atoms with Gasteiger partial charge >= 0.3 is 0 Å². The Bertz CT molecular complexity index is 995. The van der Waals surface area contributed by atoms with Crippen LogP contribution in [0.5, 0.6) is 0 Å². The number of benzene rings is 2. The highest BCUT2D eigenvalue weighted by Crippen LogP contribution is 2.28. The van der Waals surface area contributed by atoms with Crippen molar-refractivity contribution >= 4 is 22.8 Å². The van der Waals surface area contributed by atoms with E-state index in [4.69, 9.17) is 15.0 Å². The van der Waals surface area contributed by atoms with Gasteiger partial charge in [0.2, 0.25) is 0 Å². The molecule has 0 fully saturated rings. The van der Waals surface area contributed by atoms with Gasteiger partial charge in [0.05, 0.1) is 28.5 Å². The van der Waals surface area contributed by atoms with Gasteiger partial charge < -0.3 is 0 Å². The van der Waals surface area contributed by atoms with Gasteiger partial charge in [0.15, 0.2) is 5.82 Å². The van der Waals surface area contributed by atoms with Gasteiger partial charge in [-0.05, 0) is 55.0 Å². The van der Waals surface area contributed by atoms with Crippen LogP contribution in [0.25, 0.3) is 0 Å². The second-order valence-electron chi connectivity index (χ2n) is 8.09. The maximum absolute atomic E-state index is 4.86. The second-order valence-corrected chi connectivity index (χ2v) is 8.09. The molecule has 1 heterocycles. The third-order valence-electron chi connectivity index (χ3n) is 5.04. The summed E-state index contributed by atoms with van der Waals surface area (Å²) in [6.45, 7) is 12.7. The van der Waals surface area contributed by atoms with Crippen molar-refractivity contribution in [2.24, 2.45) is 9.98 Å². The van der Waals surface area contributed by atoms with E-state index in [2.05, 4.69) is 63.0 Å². The molecule has 4 heteroatoms. The smallest absolute Gasteiger partial charge is 0.174 e. The maximum atomic E-state index is 4.86. The number of rotatable bonds is 6. The minimum Gasteiger partial charge on any atom is -0.251 e. The van der Waals surface area contributed by atoms with Crippen molar-refractivity contribution in [3.63, 3.8) is 0 Å². The van der Waals surface area contributed by atoms with Crippen LogP contribution in [0, 0.1) is 0 Å². The third-order valence-corrected chi connectivity index (χ3v) is 5.04. The minimum absolute atomic E-state index is 0.403. The fourth-order valence-corrected chi connectivity index (χ4v) is 3.36. The van der Waals surface area contributed by atoms with Crippen LogP contribution in [-0.4, -0.2) is 21.4 Å². The molecule has 0 aliphatic carbocycles. The first-order valence-corrected chi connectivity index (χ1v) is 10.5. The predicted octanol–water partition coefficient (Wildman–Crippen LogP) is 7.00. The van der Waals surface area contributed by atoms with E-state index in [-0.39, 0.29) is 0 Å². The molecule has 0 N–H and O–H groups in total. The van der Waals surface area contributed by atoms with E-state index >= 15 is 0 Å². The molecule has 0 aliphatic heterocycles. The van der Waals surface area contributed by atoms with Crippen molar-refractivity contribution < 1.29 is 0 Å². The predicted molar refractivity (Wildman–Crippen MR) is 127 cm³/mol. The lowest BCUT2D eigenvalue weighted by atomic mass is 10.0. The number of hydrogen-bond acceptors (Lipinski definition) is 4. The third kappa shape index (κ3) is 5.07. The Morgan fingerprint density at radius 2 is 1.20 bits per heavy atom. The molecule has 0 atom stereocenters. The van der Waals surface area contributed by atoms with Crippen LogP contribution in [0.3, 0.4) is 0 Å². The van der Waals surface area contributed by atoms with E-state index in [0.717, 1.165) is 28.5 Å². The van der Waals surface area contributed by atoms with E-state index in [9.17, 15) is 0 Å². The average Bonchev–Trinajstić information content (AvgIpc) is 2.74. The quantitative estimate of drug-likeness (QED) is 0.419. The number of hydrogen-bond donors (Lipinski definition) is 0. The zero-order chi connectivity index (χ0) is 21.7. The molecule has 0 saturated carbocycles. The summed E-state index contributed by atoms with van der Waals surface area (Å²) in [4.78, 5) is 18.9. The molecule has 2 aromatic carbocycles. The Morgan fingerprint density at radius 3 is 1.73 bits per heavy atom. The molecule has 0 amide bonds. The highest BCUT2D eigenvalue weighted by atomic mass is 14.9. The fraction of sp³-hybridized carbons (Fsp3) is 0.308. The minimum atomic E-state index is 0.403. The van der Waals surface area contributed by atoms with Crippen molar-refractivity contribution in [1.29, 1.82) is 0 Å². The van der Waals surface area contributed by atoms with Gasteiger partial charge in [-0.25, -0.2) is 15.0 Å². The summed E-state index contributed by atoms with van der Waals surface area (Å²) < 4.78 is 0. The summed E-state index contributed by atoms with van der Waals surface area (Å²) in [6.07, 6.45) is 1.78. The highest BCUT2D eigenvalue weighted by molar-refractivity contribution is 6.01. The Kier molecular flexibility index (Phi) is 6.88. The summed E-state index contributed by atoms with van der Waals surface area (Å²) >= 11 is 0. The van der Waals surface area contributed by atoms with Gasteiger partial charge in [-0.1, -0.05) is 64.1 Å². The van der Waals surface area contributed by atoms with Crippen LogP contribution in [-0.2, 0) is 0 Å². The standard InChI is InChI=1S/C26H30N4/c1-17(2)21-11-7-9-13-24(21)28-19(5)23-15-16-27-26(30-23)20(6)29-25-14-10-8-12-22(25)18(3)4/h7-18H,1-6H3. The van der Waals surface area contributed by atoms with Crippen LogP contribution in [0.2, 0.25) is 0 Å². The topological polar surface area (TPSA) is 50.5 Å². The average molecular weight is 399 g/mol. The van der Waals surface area contributed by atoms with Gasteiger partial charge in [-0.3, -0.25) is 4.99 Å². The molecule has 154 valence electrons. The number of para-hydroxylation sites is 2. The number of nitrogens with zero attached hydrogens (tertiary/aromatic N) is 4. The summed E-state index contributed by atoms with van der Waals surface area (Å²) in [7, 11) is 0. The highest BCUT2D eigenvalue weighted by Gasteiger charge is 2.10. The van der Waals surface area contributed by atoms with Gasteiger partial charge in [-0.2, -0.15) is 0 Å². The van der Waals surface area contributed by atoms with E-state index in [1.807, 2.05) is 38.1 Å². The van der Waals surface area contributed by atoms with Crippen molar-refractivity contribution in [3.05, 3.63) is 83.4 Å². The van der Waals surface area contributed by atoms with Crippen LogP contribution in [0.4, 0.5) is 11.4 Å². The fourth-order valence-electron chi connectivity index (χ4n) is 3.36. The van der Waals surface area contributed by atoms with Gasteiger partial charge in [-0.15, -0.1) is 0 Å². The summed E-state index contributed by atoms with van der Waals surface area (Å²) in [5.74, 6) is 1.44. The zero-order valence-electron chi connectivity index (χ0n) is 18.7. The van der Waals surface area contributed by atoms with Crippen LogP contribution < -0.4 is 0 Å². The Balaban J connectivity index is 1.95. The Labute approximate surface area is 179 Å². The van der Waals surface area contributed by atoms with E-state index in [0.29, 0.717) is 17.7 Å². The molecular formula is C26H30N4. The SMILES string of the molecule is CC(=Nc1ccccc1C(C)C)c1ccnc(C(C)=Nc2ccccc2C(C)C)n1. The lowest BCUT2D eigenvalue weighted by Gasteiger charge is -2.11. The molecule has 0 radical (unpaired) electrons. The molecule has 0 aliphatic rings. The van der Waals surface area contributed by atoms with Crippen molar-refractivity contribution in [1.82, 2.24) is 9.97 Å². The van der Waals surface area contributed by atoms with Gasteiger partial charge in [0.1, 0.15) is 0 Å². The van der Waals surface area contributed by atoms with Crippen LogP contribution >= 0.6 is 0 Å². The Hall–Kier alpha value is -3.14. The van der Waals surface area contributed by atoms with Crippen LogP contribution in [0.15, 0.2) is 70.8 Å². The molecule has 0 spiro atoms. The summed E-state index contributed by atoms with van der Waals surface area (Å²) in [5.41, 5.74) is 6.87. The van der Waals surface area contributed by atoms with E-state index < -0.39 is 0 Å². The molecule has 0 unspecified atom stereocenters. The second kappa shape index (κ2) is 9.57. The molecular weight excluding hydrogens is 368 g/mol. The molecule has 3 aromatic rings. The normalized spacial score (nSPS) is 12.7. The zero-order valence-corrected chi connectivity index (χ0v) is 18.7. The first-order valence-electron chi connectivity index (χ1n) is 10.5. The molecule has 1 aromatic heterocycles. The van der Waals surface area contributed by atoms with Crippen molar-refractivity contribution in [2.45, 2.75) is 53.4 Å². The maximum Gasteiger partial charge on any atom is 0.174 e. The first kappa shape index (κ1) is 21.6. The first-order chi connectivity index (χ1) is 14.4. The molecule has 3 rings (SSSR count). The Morgan fingerprint density at radius 1 is 0.700 bits per heavy atom.